The second kappa shape index (κ2) is 7.48. The summed E-state index contributed by atoms with van der Waals surface area (Å²) in [6.45, 7) is 3.56. The Morgan fingerprint density at radius 2 is 1.86 bits per heavy atom. The fourth-order valence-corrected chi connectivity index (χ4v) is 1.56. The number of hydrogen-bond acceptors (Lipinski definition) is 2. The van der Waals surface area contributed by atoms with Crippen LogP contribution in [0.4, 0.5) is 13.2 Å². The van der Waals surface area contributed by atoms with Crippen LogP contribution in [0.3, 0.4) is 0 Å². The molecule has 0 rings (SSSR count). The summed E-state index contributed by atoms with van der Waals surface area (Å²) in [7, 11) is 0. The van der Waals surface area contributed by atoms with Crippen molar-refractivity contribution in [2.45, 2.75) is 19.7 Å². The summed E-state index contributed by atoms with van der Waals surface area (Å²) in [6, 6.07) is 0. The van der Waals surface area contributed by atoms with Crippen molar-refractivity contribution in [1.29, 1.82) is 0 Å². The van der Waals surface area contributed by atoms with Crippen LogP contribution in [0.5, 0.6) is 0 Å². The van der Waals surface area contributed by atoms with E-state index in [1.807, 2.05) is 11.8 Å². The molecule has 0 aromatic rings. The first-order valence-corrected chi connectivity index (χ1v) is 5.60. The zero-order valence-electron chi connectivity index (χ0n) is 8.11. The second-order valence-corrected chi connectivity index (χ2v) is 3.62. The minimum Gasteiger partial charge on any atom is -0.300 e. The summed E-state index contributed by atoms with van der Waals surface area (Å²) in [6.07, 6.45) is -3.58. The third kappa shape index (κ3) is 8.77. The van der Waals surface area contributed by atoms with Gasteiger partial charge < -0.3 is 4.90 Å². The number of alkyl halides is 4. The lowest BCUT2D eigenvalue weighted by molar-refractivity contribution is -0.325. The molecule has 0 saturated carbocycles. The van der Waals surface area contributed by atoms with Crippen LogP contribution in [0.2, 0.25) is 0 Å². The maximum absolute atomic E-state index is 11.6. The van der Waals surface area contributed by atoms with Gasteiger partial charge in [0.2, 0.25) is 0 Å². The Morgan fingerprint density at radius 1 is 1.21 bits per heavy atom. The van der Waals surface area contributed by atoms with Gasteiger partial charge in [-0.1, -0.05) is 22.9 Å². The second-order valence-electron chi connectivity index (χ2n) is 2.82. The van der Waals surface area contributed by atoms with Crippen LogP contribution in [0.15, 0.2) is 0 Å². The first kappa shape index (κ1) is 14.2. The van der Waals surface area contributed by atoms with Gasteiger partial charge in [-0.15, -0.1) is 13.2 Å². The molecular weight excluding hydrogens is 263 g/mol. The molecule has 0 aliphatic rings. The largest absolute Gasteiger partial charge is 0.522 e. The summed E-state index contributed by atoms with van der Waals surface area (Å²) in [5.41, 5.74) is 0. The summed E-state index contributed by atoms with van der Waals surface area (Å²) in [5.74, 6) is 0. The molecule has 0 radical (unpaired) electrons. The summed E-state index contributed by atoms with van der Waals surface area (Å²) < 4.78 is 38.6. The van der Waals surface area contributed by atoms with Gasteiger partial charge in [0.25, 0.3) is 0 Å². The van der Waals surface area contributed by atoms with Gasteiger partial charge >= 0.3 is 6.36 Å². The average molecular weight is 278 g/mol. The molecule has 86 valence electrons. The molecule has 0 aliphatic heterocycles. The van der Waals surface area contributed by atoms with Gasteiger partial charge in [0.05, 0.1) is 6.61 Å². The maximum Gasteiger partial charge on any atom is 0.522 e. The third-order valence-electron chi connectivity index (χ3n) is 1.61. The van der Waals surface area contributed by atoms with Crippen molar-refractivity contribution in [2.75, 3.05) is 31.6 Å². The predicted octanol–water partition coefficient (Wildman–Crippen LogP) is 2.63. The molecule has 0 amide bonds. The SMILES string of the molecule is CCCN(CCBr)CCOC(F)(F)F. The maximum atomic E-state index is 11.6. The normalized spacial score (nSPS) is 12.4. The van der Waals surface area contributed by atoms with Gasteiger partial charge in [0.15, 0.2) is 0 Å². The highest BCUT2D eigenvalue weighted by Crippen LogP contribution is 2.15. The van der Waals surface area contributed by atoms with Gasteiger partial charge in [-0.25, -0.2) is 0 Å². The Kier molecular flexibility index (Phi) is 7.58. The van der Waals surface area contributed by atoms with E-state index in [0.717, 1.165) is 24.8 Å². The van der Waals surface area contributed by atoms with Crippen molar-refractivity contribution in [1.82, 2.24) is 4.90 Å². The monoisotopic (exact) mass is 277 g/mol. The lowest BCUT2D eigenvalue weighted by Crippen LogP contribution is -2.31. The molecule has 0 aromatic heterocycles. The molecule has 2 nitrogen and oxygen atoms in total. The summed E-state index contributed by atoms with van der Waals surface area (Å²) in [5, 5.41) is 0.763. The van der Waals surface area contributed by atoms with E-state index in [9.17, 15) is 13.2 Å². The Bertz CT molecular complexity index is 137. The van der Waals surface area contributed by atoms with E-state index in [2.05, 4.69) is 20.7 Å². The number of hydrogen-bond donors (Lipinski definition) is 0. The molecule has 0 bridgehead atoms. The molecule has 0 aliphatic carbocycles. The van der Waals surface area contributed by atoms with Crippen LogP contribution in [0.1, 0.15) is 13.3 Å². The zero-order valence-corrected chi connectivity index (χ0v) is 9.70. The van der Waals surface area contributed by atoms with Gasteiger partial charge in [-0.2, -0.15) is 0 Å². The van der Waals surface area contributed by atoms with Crippen LogP contribution in [-0.4, -0.2) is 42.8 Å². The molecule has 0 aromatic carbocycles. The summed E-state index contributed by atoms with van der Waals surface area (Å²) >= 11 is 3.25. The van der Waals surface area contributed by atoms with Crippen molar-refractivity contribution >= 4 is 15.9 Å². The Hall–Kier alpha value is 0.190. The fourth-order valence-electron chi connectivity index (χ4n) is 1.06. The number of ether oxygens (including phenoxy) is 1. The molecule has 0 saturated heterocycles. The van der Waals surface area contributed by atoms with E-state index in [1.54, 1.807) is 0 Å². The van der Waals surface area contributed by atoms with Gasteiger partial charge in [0.1, 0.15) is 0 Å². The number of halogens is 4. The minimum absolute atomic E-state index is 0.295. The quantitative estimate of drug-likeness (QED) is 0.664. The molecule has 14 heavy (non-hydrogen) atoms. The van der Waals surface area contributed by atoms with Crippen LogP contribution >= 0.6 is 15.9 Å². The van der Waals surface area contributed by atoms with E-state index in [0.29, 0.717) is 6.54 Å². The first-order valence-electron chi connectivity index (χ1n) is 4.48. The number of nitrogens with zero attached hydrogens (tertiary/aromatic N) is 1. The molecule has 0 heterocycles. The molecular formula is C8H15BrF3NO. The van der Waals surface area contributed by atoms with Crippen LogP contribution in [0.25, 0.3) is 0 Å². The Labute approximate surface area is 90.5 Å². The molecule has 0 fully saturated rings. The third-order valence-corrected chi connectivity index (χ3v) is 1.97. The smallest absolute Gasteiger partial charge is 0.300 e. The van der Waals surface area contributed by atoms with Crippen molar-refractivity contribution in [2.24, 2.45) is 0 Å². The molecule has 0 unspecified atom stereocenters. The highest BCUT2D eigenvalue weighted by Gasteiger charge is 2.28. The summed E-state index contributed by atoms with van der Waals surface area (Å²) in [4.78, 5) is 1.93. The van der Waals surface area contributed by atoms with Gasteiger partial charge in [-0.05, 0) is 13.0 Å². The predicted molar refractivity (Wildman–Crippen MR) is 52.5 cm³/mol. The van der Waals surface area contributed by atoms with E-state index < -0.39 is 6.36 Å². The van der Waals surface area contributed by atoms with Crippen molar-refractivity contribution in [3.8, 4) is 0 Å². The lowest BCUT2D eigenvalue weighted by atomic mass is 10.4. The van der Waals surface area contributed by atoms with Crippen LogP contribution < -0.4 is 0 Å². The highest BCUT2D eigenvalue weighted by atomic mass is 79.9. The van der Waals surface area contributed by atoms with E-state index in [-0.39, 0.29) is 6.61 Å². The minimum atomic E-state index is -4.51. The Balaban J connectivity index is 3.60. The van der Waals surface area contributed by atoms with Crippen molar-refractivity contribution in [3.05, 3.63) is 0 Å². The van der Waals surface area contributed by atoms with E-state index in [4.69, 9.17) is 0 Å². The standard InChI is InChI=1S/C8H15BrF3NO/c1-2-4-13(5-3-9)6-7-14-8(10,11)12/h2-7H2,1H3. The zero-order chi connectivity index (χ0) is 11.0. The highest BCUT2D eigenvalue weighted by molar-refractivity contribution is 9.09. The first-order chi connectivity index (χ1) is 6.49. The van der Waals surface area contributed by atoms with E-state index >= 15 is 0 Å². The number of rotatable bonds is 7. The lowest BCUT2D eigenvalue weighted by Gasteiger charge is -2.20. The van der Waals surface area contributed by atoms with Gasteiger partial charge in [0, 0.05) is 18.4 Å². The molecule has 0 atom stereocenters. The fraction of sp³-hybridized carbons (Fsp3) is 1.00. The average Bonchev–Trinajstić information content (AvgIpc) is 2.02. The molecule has 6 heteroatoms. The van der Waals surface area contributed by atoms with Crippen LogP contribution in [-0.2, 0) is 4.74 Å². The van der Waals surface area contributed by atoms with Crippen LogP contribution in [0, 0.1) is 0 Å². The van der Waals surface area contributed by atoms with Crippen molar-refractivity contribution in [3.63, 3.8) is 0 Å². The van der Waals surface area contributed by atoms with Gasteiger partial charge in [-0.3, -0.25) is 4.74 Å². The molecule has 0 spiro atoms. The van der Waals surface area contributed by atoms with E-state index in [1.165, 1.54) is 0 Å². The molecule has 0 N–H and O–H groups in total. The topological polar surface area (TPSA) is 12.5 Å². The van der Waals surface area contributed by atoms with Crippen molar-refractivity contribution < 1.29 is 17.9 Å². The Morgan fingerprint density at radius 3 is 2.29 bits per heavy atom.